The molecule has 68 valence electrons. The second-order valence-electron chi connectivity index (χ2n) is 2.68. The van der Waals surface area contributed by atoms with Crippen molar-refractivity contribution >= 4 is 12.1 Å². The van der Waals surface area contributed by atoms with E-state index in [-0.39, 0.29) is 0 Å². The minimum absolute atomic E-state index is 0.448. The summed E-state index contributed by atoms with van der Waals surface area (Å²) < 4.78 is 0. The number of aliphatic imine (C=N–C) groups is 2. The number of nitrogens with two attached hydrogens (primary N) is 1. The molecule has 0 spiro atoms. The molecule has 0 fully saturated rings. The Morgan fingerprint density at radius 3 is 2.75 bits per heavy atom. The average Bonchev–Trinajstić information content (AvgIpc) is 2.04. The summed E-state index contributed by atoms with van der Waals surface area (Å²) in [6.45, 7) is 3.97. The van der Waals surface area contributed by atoms with Crippen LogP contribution in [0.3, 0.4) is 0 Å². The third kappa shape index (κ3) is 5.65. The van der Waals surface area contributed by atoms with Crippen LogP contribution in [0.5, 0.6) is 0 Å². The number of allylic oxidation sites excluding steroid dienone is 1. The monoisotopic (exact) mass is 167 g/mol. The molecule has 0 aromatic rings. The minimum Gasteiger partial charge on any atom is -0.405 e. The molecule has 3 heteroatoms. The largest absolute Gasteiger partial charge is 0.405 e. The highest BCUT2D eigenvalue weighted by atomic mass is 14.9. The van der Waals surface area contributed by atoms with Crippen LogP contribution < -0.4 is 5.73 Å². The molecular formula is C9H17N3. The van der Waals surface area contributed by atoms with E-state index < -0.39 is 0 Å². The van der Waals surface area contributed by atoms with Crippen molar-refractivity contribution in [3.05, 3.63) is 12.3 Å². The highest BCUT2D eigenvalue weighted by Crippen LogP contribution is 1.99. The fraction of sp³-hybridized carbons (Fsp3) is 0.556. The molecule has 0 bridgehead atoms. The van der Waals surface area contributed by atoms with Gasteiger partial charge in [0.15, 0.2) is 0 Å². The molecular weight excluding hydrogens is 150 g/mol. The van der Waals surface area contributed by atoms with Crippen molar-refractivity contribution in [2.24, 2.45) is 21.6 Å². The van der Waals surface area contributed by atoms with E-state index in [1.807, 2.05) is 19.2 Å². The Bertz CT molecular complexity index is 192. The van der Waals surface area contributed by atoms with Crippen LogP contribution in [0, 0.1) is 5.92 Å². The number of hydrogen-bond donors (Lipinski definition) is 1. The summed E-state index contributed by atoms with van der Waals surface area (Å²) in [6, 6.07) is 0. The fourth-order valence-electron chi connectivity index (χ4n) is 0.677. The predicted molar refractivity (Wildman–Crippen MR) is 54.6 cm³/mol. The van der Waals surface area contributed by atoms with Gasteiger partial charge in [-0.05, 0) is 25.5 Å². The Balaban J connectivity index is 3.74. The smallest absolute Gasteiger partial charge is 0.119 e. The Hall–Kier alpha value is -1.12. The van der Waals surface area contributed by atoms with Gasteiger partial charge in [-0.2, -0.15) is 0 Å². The first-order valence-electron chi connectivity index (χ1n) is 4.05. The van der Waals surface area contributed by atoms with Crippen LogP contribution in [0.15, 0.2) is 22.3 Å². The first-order chi connectivity index (χ1) is 5.70. The van der Waals surface area contributed by atoms with Crippen molar-refractivity contribution in [1.29, 1.82) is 0 Å². The van der Waals surface area contributed by atoms with Gasteiger partial charge in [0.1, 0.15) is 5.84 Å². The van der Waals surface area contributed by atoms with E-state index in [2.05, 4.69) is 16.9 Å². The van der Waals surface area contributed by atoms with Crippen molar-refractivity contribution in [1.82, 2.24) is 0 Å². The molecule has 0 aliphatic carbocycles. The van der Waals surface area contributed by atoms with Crippen molar-refractivity contribution in [3.63, 3.8) is 0 Å². The maximum Gasteiger partial charge on any atom is 0.119 e. The molecule has 0 aromatic heterocycles. The van der Waals surface area contributed by atoms with E-state index in [0.29, 0.717) is 5.92 Å². The Labute approximate surface area is 74.1 Å². The molecule has 2 N–H and O–H groups in total. The van der Waals surface area contributed by atoms with Crippen LogP contribution >= 0.6 is 0 Å². The van der Waals surface area contributed by atoms with Crippen molar-refractivity contribution in [2.75, 3.05) is 7.05 Å². The van der Waals surface area contributed by atoms with E-state index in [1.165, 1.54) is 0 Å². The molecule has 12 heavy (non-hydrogen) atoms. The lowest BCUT2D eigenvalue weighted by Gasteiger charge is -1.98. The lowest BCUT2D eigenvalue weighted by Crippen LogP contribution is -1.94. The summed E-state index contributed by atoms with van der Waals surface area (Å²) in [4.78, 5) is 8.02. The molecule has 0 saturated heterocycles. The first-order valence-corrected chi connectivity index (χ1v) is 4.05. The molecule has 1 unspecified atom stereocenters. The average molecular weight is 167 g/mol. The van der Waals surface area contributed by atoms with E-state index in [0.717, 1.165) is 12.3 Å². The summed E-state index contributed by atoms with van der Waals surface area (Å²) >= 11 is 0. The second-order valence-corrected chi connectivity index (χ2v) is 2.68. The van der Waals surface area contributed by atoms with E-state index in [1.54, 1.807) is 13.2 Å². The number of amidine groups is 1. The zero-order valence-electron chi connectivity index (χ0n) is 7.99. The lowest BCUT2D eigenvalue weighted by molar-refractivity contribution is 0.775. The van der Waals surface area contributed by atoms with Crippen LogP contribution in [-0.4, -0.2) is 19.1 Å². The summed E-state index contributed by atoms with van der Waals surface area (Å²) in [7, 11) is 1.73. The van der Waals surface area contributed by atoms with Crippen LogP contribution in [0.1, 0.15) is 20.3 Å². The van der Waals surface area contributed by atoms with Crippen LogP contribution in [-0.2, 0) is 0 Å². The van der Waals surface area contributed by atoms with Gasteiger partial charge in [-0.1, -0.05) is 13.0 Å². The van der Waals surface area contributed by atoms with E-state index in [9.17, 15) is 0 Å². The molecule has 0 aliphatic rings. The summed E-state index contributed by atoms with van der Waals surface area (Å²) in [6.07, 6.45) is 6.29. The highest BCUT2D eigenvalue weighted by molar-refractivity contribution is 5.87. The molecule has 0 radical (unpaired) electrons. The topological polar surface area (TPSA) is 50.7 Å². The molecule has 0 saturated carbocycles. The van der Waals surface area contributed by atoms with E-state index >= 15 is 0 Å². The zero-order valence-corrected chi connectivity index (χ0v) is 7.99. The van der Waals surface area contributed by atoms with E-state index in [4.69, 9.17) is 5.73 Å². The normalized spacial score (nSPS) is 16.1. The van der Waals surface area contributed by atoms with Crippen molar-refractivity contribution in [2.45, 2.75) is 20.3 Å². The summed E-state index contributed by atoms with van der Waals surface area (Å²) in [5.41, 5.74) is 5.24. The molecule has 1 atom stereocenters. The van der Waals surface area contributed by atoms with Crippen LogP contribution in [0.4, 0.5) is 0 Å². The van der Waals surface area contributed by atoms with Gasteiger partial charge < -0.3 is 5.73 Å². The van der Waals surface area contributed by atoms with Gasteiger partial charge >= 0.3 is 0 Å². The summed E-state index contributed by atoms with van der Waals surface area (Å²) in [5.74, 6) is 1.25. The molecule has 3 nitrogen and oxygen atoms in total. The van der Waals surface area contributed by atoms with Gasteiger partial charge in [0, 0.05) is 13.3 Å². The highest BCUT2D eigenvalue weighted by Gasteiger charge is 1.91. The quantitative estimate of drug-likeness (QED) is 0.504. The SMILES string of the molecule is C/N=C(C)\N=C/CC(C)/C=C/N. The van der Waals surface area contributed by atoms with Gasteiger partial charge in [-0.25, -0.2) is 4.99 Å². The predicted octanol–water partition coefficient (Wildman–Crippen LogP) is 1.60. The second kappa shape index (κ2) is 6.58. The summed E-state index contributed by atoms with van der Waals surface area (Å²) in [5, 5.41) is 0. The Morgan fingerprint density at radius 1 is 1.58 bits per heavy atom. The number of rotatable bonds is 3. The minimum atomic E-state index is 0.448. The van der Waals surface area contributed by atoms with Crippen LogP contribution in [0.25, 0.3) is 0 Å². The molecule has 0 heterocycles. The van der Waals surface area contributed by atoms with Gasteiger partial charge in [0.2, 0.25) is 0 Å². The number of nitrogens with zero attached hydrogens (tertiary/aromatic N) is 2. The van der Waals surface area contributed by atoms with Gasteiger partial charge in [-0.15, -0.1) is 0 Å². The Morgan fingerprint density at radius 2 is 2.25 bits per heavy atom. The standard InChI is InChI=1S/C9H17N3/c1-8(4-6-10)5-7-12-9(2)11-3/h4,6-8H,5,10H2,1-3H3/b6-4+,11-9-,12-7-. The molecule has 0 aliphatic heterocycles. The Kier molecular flexibility index (Phi) is 5.97. The van der Waals surface area contributed by atoms with Crippen molar-refractivity contribution < 1.29 is 0 Å². The number of hydrogen-bond acceptors (Lipinski definition) is 2. The zero-order chi connectivity index (χ0) is 9.40. The first kappa shape index (κ1) is 10.9. The van der Waals surface area contributed by atoms with Gasteiger partial charge in [0.05, 0.1) is 0 Å². The third-order valence-electron chi connectivity index (χ3n) is 1.52. The molecule has 0 rings (SSSR count). The van der Waals surface area contributed by atoms with Crippen LogP contribution in [0.2, 0.25) is 0 Å². The van der Waals surface area contributed by atoms with Crippen molar-refractivity contribution in [3.8, 4) is 0 Å². The lowest BCUT2D eigenvalue weighted by atomic mass is 10.1. The van der Waals surface area contributed by atoms with Gasteiger partial charge in [-0.3, -0.25) is 4.99 Å². The fourth-order valence-corrected chi connectivity index (χ4v) is 0.677. The molecule has 0 amide bonds. The molecule has 0 aromatic carbocycles. The third-order valence-corrected chi connectivity index (χ3v) is 1.52. The maximum atomic E-state index is 5.24. The maximum absolute atomic E-state index is 5.24. The van der Waals surface area contributed by atoms with Gasteiger partial charge in [0.25, 0.3) is 0 Å².